The van der Waals surface area contributed by atoms with Gasteiger partial charge in [-0.2, -0.15) is 0 Å². The van der Waals surface area contributed by atoms with Gasteiger partial charge in [0.15, 0.2) is 5.13 Å². The Kier molecular flexibility index (Phi) is 3.94. The van der Waals surface area contributed by atoms with Gasteiger partial charge in [-0.05, 0) is 58.0 Å². The summed E-state index contributed by atoms with van der Waals surface area (Å²) in [6.45, 7) is 5.70. The number of rotatable bonds is 4. The first-order valence-corrected chi connectivity index (χ1v) is 8.21. The topological polar surface area (TPSA) is 19.4 Å². The Labute approximate surface area is 125 Å². The van der Waals surface area contributed by atoms with Crippen LogP contribution in [0.4, 0.5) is 5.13 Å². The number of nitrogens with zero attached hydrogens (tertiary/aromatic N) is 3. The number of fused-ring (bicyclic) bond motifs is 1. The molecule has 2 heterocycles. The third-order valence-electron chi connectivity index (χ3n) is 4.14. The first-order chi connectivity index (χ1) is 9.63. The maximum atomic E-state index is 4.82. The molecule has 0 aliphatic carbocycles. The van der Waals surface area contributed by atoms with Crippen molar-refractivity contribution in [1.82, 2.24) is 9.88 Å². The molecule has 1 aliphatic heterocycles. The van der Waals surface area contributed by atoms with Crippen LogP contribution in [-0.2, 0) is 0 Å². The van der Waals surface area contributed by atoms with Crippen molar-refractivity contribution < 1.29 is 0 Å². The molecule has 1 unspecified atom stereocenters. The van der Waals surface area contributed by atoms with E-state index in [2.05, 4.69) is 49.0 Å². The van der Waals surface area contributed by atoms with E-state index >= 15 is 0 Å². The van der Waals surface area contributed by atoms with Gasteiger partial charge in [0, 0.05) is 13.1 Å². The Morgan fingerprint density at radius 1 is 1.40 bits per heavy atom. The lowest BCUT2D eigenvalue weighted by Crippen LogP contribution is -2.21. The van der Waals surface area contributed by atoms with Crippen molar-refractivity contribution >= 4 is 26.7 Å². The van der Waals surface area contributed by atoms with Crippen LogP contribution in [-0.4, -0.2) is 43.6 Å². The number of hydrogen-bond donors (Lipinski definition) is 0. The van der Waals surface area contributed by atoms with Crippen LogP contribution in [0.3, 0.4) is 0 Å². The summed E-state index contributed by atoms with van der Waals surface area (Å²) in [5.41, 5.74) is 2.50. The van der Waals surface area contributed by atoms with Gasteiger partial charge < -0.3 is 9.80 Å². The zero-order valence-electron chi connectivity index (χ0n) is 12.6. The van der Waals surface area contributed by atoms with Gasteiger partial charge in [0.05, 0.1) is 10.2 Å². The highest BCUT2D eigenvalue weighted by atomic mass is 32.1. The lowest BCUT2D eigenvalue weighted by atomic mass is 10.1. The van der Waals surface area contributed by atoms with Crippen molar-refractivity contribution in [3.63, 3.8) is 0 Å². The molecule has 4 heteroatoms. The zero-order valence-corrected chi connectivity index (χ0v) is 13.4. The first kappa shape index (κ1) is 13.8. The van der Waals surface area contributed by atoms with Gasteiger partial charge in [0.2, 0.25) is 0 Å². The summed E-state index contributed by atoms with van der Waals surface area (Å²) in [6.07, 6.45) is 2.61. The molecule has 0 N–H and O–H groups in total. The minimum absolute atomic E-state index is 0.825. The molecule has 1 saturated heterocycles. The molecular weight excluding hydrogens is 266 g/mol. The van der Waals surface area contributed by atoms with E-state index in [1.165, 1.54) is 41.3 Å². The summed E-state index contributed by atoms with van der Waals surface area (Å²) in [4.78, 5) is 9.58. The smallest absolute Gasteiger partial charge is 0.186 e. The Morgan fingerprint density at radius 3 is 3.00 bits per heavy atom. The molecule has 0 radical (unpaired) electrons. The van der Waals surface area contributed by atoms with Crippen LogP contribution in [0.25, 0.3) is 10.2 Å². The van der Waals surface area contributed by atoms with E-state index in [-0.39, 0.29) is 0 Å². The van der Waals surface area contributed by atoms with Crippen LogP contribution in [0.2, 0.25) is 0 Å². The maximum absolute atomic E-state index is 4.82. The van der Waals surface area contributed by atoms with Gasteiger partial charge in [-0.3, -0.25) is 0 Å². The highest BCUT2D eigenvalue weighted by Gasteiger charge is 2.24. The lowest BCUT2D eigenvalue weighted by Gasteiger charge is -2.16. The molecule has 20 heavy (non-hydrogen) atoms. The summed E-state index contributed by atoms with van der Waals surface area (Å²) in [5, 5.41) is 1.21. The van der Waals surface area contributed by atoms with Crippen LogP contribution in [0.1, 0.15) is 18.4 Å². The molecule has 2 aromatic rings. The molecule has 3 rings (SSSR count). The minimum atomic E-state index is 0.825. The van der Waals surface area contributed by atoms with Crippen molar-refractivity contribution in [2.75, 3.05) is 38.6 Å². The van der Waals surface area contributed by atoms with E-state index < -0.39 is 0 Å². The molecule has 1 aliphatic rings. The average molecular weight is 289 g/mol. The second-order valence-electron chi connectivity index (χ2n) is 6.11. The van der Waals surface area contributed by atoms with Crippen molar-refractivity contribution in [1.29, 1.82) is 0 Å². The van der Waals surface area contributed by atoms with E-state index in [0.29, 0.717) is 0 Å². The SMILES string of the molecule is Cc1cccc2nc(N3CCC(CCN(C)C)C3)sc12. The number of aryl methyl sites for hydroxylation is 1. The molecule has 1 aromatic heterocycles. The van der Waals surface area contributed by atoms with Gasteiger partial charge in [-0.15, -0.1) is 0 Å². The van der Waals surface area contributed by atoms with Gasteiger partial charge in [-0.25, -0.2) is 4.98 Å². The lowest BCUT2D eigenvalue weighted by molar-refractivity contribution is 0.361. The van der Waals surface area contributed by atoms with E-state index in [0.717, 1.165) is 18.0 Å². The summed E-state index contributed by atoms with van der Waals surface area (Å²) in [5.74, 6) is 0.825. The van der Waals surface area contributed by atoms with Crippen LogP contribution in [0.15, 0.2) is 18.2 Å². The fourth-order valence-electron chi connectivity index (χ4n) is 2.89. The molecule has 0 bridgehead atoms. The number of thiazole rings is 1. The fourth-order valence-corrected chi connectivity index (χ4v) is 3.96. The quantitative estimate of drug-likeness (QED) is 0.860. The summed E-state index contributed by atoms with van der Waals surface area (Å²) in [6, 6.07) is 6.40. The maximum Gasteiger partial charge on any atom is 0.186 e. The van der Waals surface area contributed by atoms with E-state index in [4.69, 9.17) is 4.98 Å². The monoisotopic (exact) mass is 289 g/mol. The van der Waals surface area contributed by atoms with Gasteiger partial charge >= 0.3 is 0 Å². The van der Waals surface area contributed by atoms with E-state index in [1.807, 2.05) is 11.3 Å². The predicted octanol–water partition coefficient (Wildman–Crippen LogP) is 3.38. The molecule has 1 aromatic carbocycles. The summed E-state index contributed by atoms with van der Waals surface area (Å²) in [7, 11) is 4.31. The standard InChI is InChI=1S/C16H23N3S/c1-12-5-4-6-14-15(12)20-16(17-14)19-10-8-13(11-19)7-9-18(2)3/h4-6,13H,7-11H2,1-3H3. The molecule has 0 spiro atoms. The van der Waals surface area contributed by atoms with Gasteiger partial charge in [0.25, 0.3) is 0 Å². The average Bonchev–Trinajstić information content (AvgIpc) is 3.03. The highest BCUT2D eigenvalue weighted by Crippen LogP contribution is 2.34. The molecule has 1 atom stereocenters. The molecular formula is C16H23N3S. The Balaban J connectivity index is 1.71. The van der Waals surface area contributed by atoms with Crippen molar-refractivity contribution in [3.05, 3.63) is 23.8 Å². The summed E-state index contributed by atoms with van der Waals surface area (Å²) < 4.78 is 1.35. The van der Waals surface area contributed by atoms with Gasteiger partial charge in [0.1, 0.15) is 0 Å². The summed E-state index contributed by atoms with van der Waals surface area (Å²) >= 11 is 1.85. The van der Waals surface area contributed by atoms with Crippen molar-refractivity contribution in [2.24, 2.45) is 5.92 Å². The largest absolute Gasteiger partial charge is 0.348 e. The highest BCUT2D eigenvalue weighted by molar-refractivity contribution is 7.22. The Morgan fingerprint density at radius 2 is 2.25 bits per heavy atom. The fraction of sp³-hybridized carbons (Fsp3) is 0.562. The van der Waals surface area contributed by atoms with Crippen LogP contribution in [0, 0.1) is 12.8 Å². The van der Waals surface area contributed by atoms with Crippen molar-refractivity contribution in [2.45, 2.75) is 19.8 Å². The van der Waals surface area contributed by atoms with Crippen LogP contribution < -0.4 is 4.90 Å². The van der Waals surface area contributed by atoms with Crippen LogP contribution >= 0.6 is 11.3 Å². The number of aromatic nitrogens is 1. The zero-order chi connectivity index (χ0) is 14.1. The Hall–Kier alpha value is -1.13. The third kappa shape index (κ3) is 2.81. The second-order valence-corrected chi connectivity index (χ2v) is 7.09. The Bertz CT molecular complexity index is 590. The minimum Gasteiger partial charge on any atom is -0.348 e. The molecule has 0 saturated carbocycles. The van der Waals surface area contributed by atoms with Gasteiger partial charge in [-0.1, -0.05) is 23.5 Å². The first-order valence-electron chi connectivity index (χ1n) is 7.39. The number of benzene rings is 1. The van der Waals surface area contributed by atoms with E-state index in [1.54, 1.807) is 0 Å². The molecule has 1 fully saturated rings. The molecule has 0 amide bonds. The number of anilines is 1. The van der Waals surface area contributed by atoms with Crippen molar-refractivity contribution in [3.8, 4) is 0 Å². The molecule has 3 nitrogen and oxygen atoms in total. The second kappa shape index (κ2) is 5.70. The normalized spacial score (nSPS) is 19.4. The predicted molar refractivity (Wildman–Crippen MR) is 87.8 cm³/mol. The third-order valence-corrected chi connectivity index (χ3v) is 5.41. The van der Waals surface area contributed by atoms with E-state index in [9.17, 15) is 0 Å². The van der Waals surface area contributed by atoms with Crippen LogP contribution in [0.5, 0.6) is 0 Å². The number of hydrogen-bond acceptors (Lipinski definition) is 4. The molecule has 108 valence electrons.